The fraction of sp³-hybridized carbons (Fsp3) is 0.0556. The molecular weight excluding hydrogens is 322 g/mol. The zero-order chi connectivity index (χ0) is 16.2. The van der Waals surface area contributed by atoms with E-state index in [2.05, 4.69) is 41.7 Å². The van der Waals surface area contributed by atoms with Crippen LogP contribution in [0.25, 0.3) is 10.9 Å². The summed E-state index contributed by atoms with van der Waals surface area (Å²) >= 11 is 4.97. The third kappa shape index (κ3) is 4.00. The van der Waals surface area contributed by atoms with E-state index in [-0.39, 0.29) is 5.84 Å². The highest BCUT2D eigenvalue weighted by molar-refractivity contribution is 8.27. The maximum atomic E-state index is 8.16. The molecule has 0 bridgehead atoms. The Hall–Kier alpha value is -2.11. The average Bonchev–Trinajstić information content (AvgIpc) is 2.56. The van der Waals surface area contributed by atoms with E-state index in [1.54, 1.807) is 6.20 Å². The fourth-order valence-electron chi connectivity index (χ4n) is 2.11. The highest BCUT2D eigenvalue weighted by Crippen LogP contribution is 2.20. The third-order valence-electron chi connectivity index (χ3n) is 3.31. The molecule has 3 aromatic rings. The molecule has 0 amide bonds. The molecule has 23 heavy (non-hydrogen) atoms. The number of nitrogens with zero attached hydrogens (tertiary/aromatic N) is 2. The standard InChI is InChI=1S/C18H15N3S2/c1-12-6-8-15(9-7-12)23-18(22)21-17(19)14-10-13-4-2-3-5-16(13)20-11-14/h2-11H,1H3,(H2,19,21,22)/p+1. The summed E-state index contributed by atoms with van der Waals surface area (Å²) in [5.41, 5.74) is 2.83. The van der Waals surface area contributed by atoms with Crippen LogP contribution in [0.3, 0.4) is 0 Å². The van der Waals surface area contributed by atoms with Crippen molar-refractivity contribution in [1.82, 2.24) is 4.98 Å². The van der Waals surface area contributed by atoms with Gasteiger partial charge in [0.25, 0.3) is 4.38 Å². The highest BCUT2D eigenvalue weighted by atomic mass is 32.2. The van der Waals surface area contributed by atoms with Crippen molar-refractivity contribution in [2.45, 2.75) is 11.8 Å². The van der Waals surface area contributed by atoms with Crippen molar-refractivity contribution in [2.24, 2.45) is 4.99 Å². The van der Waals surface area contributed by atoms with Gasteiger partial charge in [-0.25, -0.2) is 0 Å². The highest BCUT2D eigenvalue weighted by Gasteiger charge is 2.08. The van der Waals surface area contributed by atoms with Gasteiger partial charge in [0.15, 0.2) is 5.84 Å². The molecule has 3 nitrogen and oxygen atoms in total. The van der Waals surface area contributed by atoms with Crippen molar-refractivity contribution < 1.29 is 0 Å². The summed E-state index contributed by atoms with van der Waals surface area (Å²) < 4.78 is 0.645. The van der Waals surface area contributed by atoms with Crippen molar-refractivity contribution in [2.75, 3.05) is 0 Å². The van der Waals surface area contributed by atoms with E-state index in [9.17, 15) is 0 Å². The van der Waals surface area contributed by atoms with Gasteiger partial charge in [0.2, 0.25) is 0 Å². The zero-order valence-electron chi connectivity index (χ0n) is 12.6. The van der Waals surface area contributed by atoms with Gasteiger partial charge in [0, 0.05) is 34.7 Å². The van der Waals surface area contributed by atoms with Crippen LogP contribution in [-0.4, -0.2) is 15.2 Å². The molecule has 0 saturated carbocycles. The first-order chi connectivity index (χ1) is 11.1. The van der Waals surface area contributed by atoms with Gasteiger partial charge in [-0.15, -0.1) is 0 Å². The molecule has 0 spiro atoms. The van der Waals surface area contributed by atoms with E-state index in [1.807, 2.05) is 42.5 Å². The number of aliphatic imine (C=N–C) groups is 1. The quantitative estimate of drug-likeness (QED) is 0.332. The number of fused-ring (bicyclic) bond motifs is 1. The Morgan fingerprint density at radius 3 is 2.65 bits per heavy atom. The first kappa shape index (κ1) is 15.8. The molecule has 1 aromatic heterocycles. The minimum absolute atomic E-state index is 0.188. The number of amidine groups is 1. The van der Waals surface area contributed by atoms with Crippen LogP contribution in [0, 0.1) is 12.3 Å². The molecule has 5 heteroatoms. The Balaban J connectivity index is 1.79. The van der Waals surface area contributed by atoms with Crippen LogP contribution in [0.4, 0.5) is 0 Å². The number of benzene rings is 2. The first-order valence-corrected chi connectivity index (χ1v) is 8.42. The Morgan fingerprint density at radius 2 is 1.87 bits per heavy atom. The molecule has 0 aliphatic carbocycles. The summed E-state index contributed by atoms with van der Waals surface area (Å²) in [5, 5.41) is 9.17. The molecule has 0 aliphatic rings. The summed E-state index contributed by atoms with van der Waals surface area (Å²) in [6, 6.07) is 18.0. The van der Waals surface area contributed by atoms with E-state index in [0.29, 0.717) is 9.94 Å². The van der Waals surface area contributed by atoms with Crippen LogP contribution in [-0.2, 0) is 12.6 Å². The number of thioether (sulfide) groups is 1. The minimum atomic E-state index is 0.188. The molecule has 0 aliphatic heterocycles. The van der Waals surface area contributed by atoms with Gasteiger partial charge in [0.05, 0.1) is 5.52 Å². The molecular formula is C18H16N3S2+. The first-order valence-electron chi connectivity index (χ1n) is 7.10. The Kier molecular flexibility index (Phi) is 4.79. The van der Waals surface area contributed by atoms with Gasteiger partial charge < -0.3 is 0 Å². The third-order valence-corrected chi connectivity index (χ3v) is 4.52. The molecule has 1 heterocycles. The fourth-order valence-corrected chi connectivity index (χ4v) is 3.21. The molecule has 2 aromatic carbocycles. The smallest absolute Gasteiger partial charge is 0.282 e. The van der Waals surface area contributed by atoms with E-state index >= 15 is 0 Å². The van der Waals surface area contributed by atoms with E-state index in [1.165, 1.54) is 17.3 Å². The van der Waals surface area contributed by atoms with Gasteiger partial charge in [-0.05, 0) is 43.0 Å². The lowest BCUT2D eigenvalue weighted by atomic mass is 10.1. The number of aryl methyl sites for hydroxylation is 1. The Morgan fingerprint density at radius 1 is 1.13 bits per heavy atom. The topological polar surface area (TPSA) is 49.1 Å². The predicted octanol–water partition coefficient (Wildman–Crippen LogP) is 4.03. The van der Waals surface area contributed by atoms with Crippen molar-refractivity contribution in [3.63, 3.8) is 0 Å². The number of nitrogens with one attached hydrogen (secondary N) is 1. The number of aromatic nitrogens is 1. The molecule has 0 atom stereocenters. The number of para-hydroxylation sites is 1. The van der Waals surface area contributed by atoms with E-state index in [0.717, 1.165) is 15.8 Å². The second-order valence-corrected chi connectivity index (χ2v) is 7.00. The summed E-state index contributed by atoms with van der Waals surface area (Å²) in [4.78, 5) is 9.76. The molecule has 114 valence electrons. The average molecular weight is 338 g/mol. The predicted molar refractivity (Wildman–Crippen MR) is 103 cm³/mol. The summed E-state index contributed by atoms with van der Waals surface area (Å²) in [6.07, 6.45) is 1.68. The van der Waals surface area contributed by atoms with Crippen LogP contribution in [0.1, 0.15) is 11.1 Å². The molecule has 1 N–H and O–H groups in total. The summed E-state index contributed by atoms with van der Waals surface area (Å²) in [6.45, 7) is 2.06. The lowest BCUT2D eigenvalue weighted by molar-refractivity contribution is 1.36. The van der Waals surface area contributed by atoms with Gasteiger partial charge in [-0.3, -0.25) is 10.4 Å². The van der Waals surface area contributed by atoms with Gasteiger partial charge in [0.1, 0.15) is 0 Å². The Bertz CT molecular complexity index is 886. The number of hydrogen-bond acceptors (Lipinski definition) is 3. The lowest BCUT2D eigenvalue weighted by Crippen LogP contribution is -2.00. The van der Waals surface area contributed by atoms with Crippen LogP contribution in [0.2, 0.25) is 0 Å². The van der Waals surface area contributed by atoms with E-state index < -0.39 is 0 Å². The molecule has 0 unspecified atom stereocenters. The summed E-state index contributed by atoms with van der Waals surface area (Å²) in [7, 11) is 0. The number of rotatable bonds is 2. The second kappa shape index (κ2) is 6.98. The second-order valence-electron chi connectivity index (χ2n) is 5.10. The van der Waals surface area contributed by atoms with Crippen molar-refractivity contribution in [3.8, 4) is 0 Å². The van der Waals surface area contributed by atoms with Crippen LogP contribution in [0.15, 0.2) is 70.7 Å². The van der Waals surface area contributed by atoms with Crippen LogP contribution in [0.5, 0.6) is 0 Å². The number of hydrogen-bond donors (Lipinski definition) is 1. The molecule has 0 saturated heterocycles. The van der Waals surface area contributed by atoms with Gasteiger partial charge >= 0.3 is 0 Å². The monoisotopic (exact) mass is 338 g/mol. The SMILES string of the molecule is Cc1ccc(SC([SH2+])=NC(=N)c2cnc3ccccc3c2)cc1. The largest absolute Gasteiger partial charge is 0.284 e. The van der Waals surface area contributed by atoms with Crippen molar-refractivity contribution in [1.29, 1.82) is 5.41 Å². The van der Waals surface area contributed by atoms with Crippen molar-refractivity contribution >= 4 is 45.5 Å². The molecule has 0 radical (unpaired) electrons. The van der Waals surface area contributed by atoms with Crippen LogP contribution >= 0.6 is 11.8 Å². The zero-order valence-corrected chi connectivity index (χ0v) is 14.4. The van der Waals surface area contributed by atoms with Gasteiger partial charge in [-0.2, -0.15) is 4.99 Å². The lowest BCUT2D eigenvalue weighted by Gasteiger charge is -2.01. The van der Waals surface area contributed by atoms with Crippen LogP contribution < -0.4 is 0 Å². The maximum absolute atomic E-state index is 8.16. The van der Waals surface area contributed by atoms with Gasteiger partial charge in [-0.1, -0.05) is 35.9 Å². The van der Waals surface area contributed by atoms with E-state index in [4.69, 9.17) is 5.41 Å². The maximum Gasteiger partial charge on any atom is 0.284 e. The van der Waals surface area contributed by atoms with Crippen molar-refractivity contribution in [3.05, 3.63) is 71.9 Å². The molecule has 0 fully saturated rings. The normalized spacial score (nSPS) is 11.7. The summed E-state index contributed by atoms with van der Waals surface area (Å²) in [5.74, 6) is 0.188. The Labute approximate surface area is 144 Å². The number of pyridine rings is 1. The minimum Gasteiger partial charge on any atom is -0.282 e. The molecule has 3 rings (SSSR count).